The number of anilines is 2. The van der Waals surface area contributed by atoms with E-state index in [2.05, 4.69) is 68.1 Å². The van der Waals surface area contributed by atoms with Crippen LogP contribution in [0.3, 0.4) is 0 Å². The lowest BCUT2D eigenvalue weighted by atomic mass is 10.1. The molecule has 0 unspecified atom stereocenters. The third-order valence-corrected chi connectivity index (χ3v) is 3.62. The van der Waals surface area contributed by atoms with Crippen molar-refractivity contribution in [2.75, 3.05) is 16.8 Å². The molecule has 0 N–H and O–H groups in total. The predicted molar refractivity (Wildman–Crippen MR) is 79.9 cm³/mol. The summed E-state index contributed by atoms with van der Waals surface area (Å²) in [5.74, 6) is 0. The molecule has 2 heteroatoms. The fourth-order valence-corrected chi connectivity index (χ4v) is 2.43. The zero-order valence-electron chi connectivity index (χ0n) is 11.4. The monoisotopic (exact) mass is 240 g/mol. The Labute approximate surface area is 110 Å². The summed E-state index contributed by atoms with van der Waals surface area (Å²) < 4.78 is 0. The smallest absolute Gasteiger partial charge is 0.103 e. The van der Waals surface area contributed by atoms with Gasteiger partial charge in [-0.15, -0.1) is 0 Å². The Morgan fingerprint density at radius 2 is 1.78 bits per heavy atom. The second-order valence-corrected chi connectivity index (χ2v) is 4.58. The van der Waals surface area contributed by atoms with E-state index in [0.29, 0.717) is 0 Å². The minimum Gasteiger partial charge on any atom is -0.353 e. The first-order valence-corrected chi connectivity index (χ1v) is 6.18. The zero-order valence-corrected chi connectivity index (χ0v) is 11.4. The molecule has 0 saturated heterocycles. The average molecular weight is 240 g/mol. The van der Waals surface area contributed by atoms with Crippen molar-refractivity contribution in [1.82, 2.24) is 0 Å². The van der Waals surface area contributed by atoms with Gasteiger partial charge in [0.05, 0.1) is 11.4 Å². The molecule has 1 aromatic carbocycles. The van der Waals surface area contributed by atoms with Gasteiger partial charge in [0.2, 0.25) is 0 Å². The van der Waals surface area contributed by atoms with Gasteiger partial charge in [-0.2, -0.15) is 0 Å². The zero-order chi connectivity index (χ0) is 13.3. The molecule has 0 radical (unpaired) electrons. The van der Waals surface area contributed by atoms with Gasteiger partial charge in [-0.05, 0) is 37.6 Å². The quantitative estimate of drug-likeness (QED) is 0.738. The number of fused-ring (bicyclic) bond motifs is 1. The molecule has 0 aromatic heterocycles. The molecule has 1 heterocycles. The van der Waals surface area contributed by atoms with Gasteiger partial charge in [0.25, 0.3) is 0 Å². The first-order chi connectivity index (χ1) is 8.61. The maximum Gasteiger partial charge on any atom is 0.103 e. The van der Waals surface area contributed by atoms with E-state index >= 15 is 0 Å². The molecule has 0 aliphatic carbocycles. The van der Waals surface area contributed by atoms with E-state index in [4.69, 9.17) is 0 Å². The van der Waals surface area contributed by atoms with Crippen LogP contribution < -0.4 is 9.80 Å². The topological polar surface area (TPSA) is 6.48 Å². The molecule has 0 saturated carbocycles. The number of rotatable bonds is 3. The highest BCUT2D eigenvalue weighted by Crippen LogP contribution is 2.41. The van der Waals surface area contributed by atoms with Crippen LogP contribution in [0.15, 0.2) is 60.8 Å². The van der Waals surface area contributed by atoms with Crippen LogP contribution in [-0.4, -0.2) is 13.2 Å². The van der Waals surface area contributed by atoms with Crippen LogP contribution in [0.4, 0.5) is 11.4 Å². The van der Waals surface area contributed by atoms with Crippen molar-refractivity contribution in [3.05, 3.63) is 60.8 Å². The largest absolute Gasteiger partial charge is 0.353 e. The first-order valence-electron chi connectivity index (χ1n) is 6.18. The summed E-state index contributed by atoms with van der Waals surface area (Å²) in [6.45, 7) is 12.1. The molecule has 0 bridgehead atoms. The lowest BCUT2D eigenvalue weighted by Crippen LogP contribution is -2.38. The third-order valence-electron chi connectivity index (χ3n) is 3.62. The van der Waals surface area contributed by atoms with E-state index < -0.39 is 0 Å². The molecule has 0 fully saturated rings. The summed E-state index contributed by atoms with van der Waals surface area (Å²) in [6, 6.07) is 8.44. The minimum atomic E-state index is 0.283. The van der Waals surface area contributed by atoms with Crippen LogP contribution in [0.5, 0.6) is 0 Å². The van der Waals surface area contributed by atoms with Crippen LogP contribution in [0.1, 0.15) is 13.8 Å². The maximum absolute atomic E-state index is 3.94. The van der Waals surface area contributed by atoms with E-state index in [9.17, 15) is 0 Å². The summed E-state index contributed by atoms with van der Waals surface area (Å²) in [6.07, 6.45) is 4.07. The van der Waals surface area contributed by atoms with Crippen LogP contribution >= 0.6 is 0 Å². The standard InChI is InChI=1S/C16H20N2/c1-6-12(3)14(7-2)18-13(4)17(5)15-10-8-9-11-16(15)18/h6-11,13H,1-2H2,3-5H3/b14-12+/t13-/m0/s1. The second kappa shape index (κ2) is 4.73. The molecule has 0 spiro atoms. The number of para-hydroxylation sites is 2. The summed E-state index contributed by atoms with van der Waals surface area (Å²) in [7, 11) is 2.12. The molecule has 0 amide bonds. The minimum absolute atomic E-state index is 0.283. The number of benzene rings is 1. The molecule has 1 aliphatic rings. The summed E-state index contributed by atoms with van der Waals surface area (Å²) in [5.41, 5.74) is 4.74. The molecular weight excluding hydrogens is 220 g/mol. The van der Waals surface area contributed by atoms with Crippen molar-refractivity contribution in [2.45, 2.75) is 20.0 Å². The second-order valence-electron chi connectivity index (χ2n) is 4.58. The van der Waals surface area contributed by atoms with Gasteiger partial charge in [0.1, 0.15) is 6.17 Å². The van der Waals surface area contributed by atoms with E-state index in [1.807, 2.05) is 12.2 Å². The summed E-state index contributed by atoms with van der Waals surface area (Å²) >= 11 is 0. The fourth-order valence-electron chi connectivity index (χ4n) is 2.43. The van der Waals surface area contributed by atoms with Gasteiger partial charge in [-0.25, -0.2) is 0 Å². The van der Waals surface area contributed by atoms with Crippen molar-refractivity contribution in [1.29, 1.82) is 0 Å². The van der Waals surface area contributed by atoms with Gasteiger partial charge >= 0.3 is 0 Å². The number of hydrogen-bond acceptors (Lipinski definition) is 2. The molecule has 94 valence electrons. The van der Waals surface area contributed by atoms with Crippen LogP contribution in [0.2, 0.25) is 0 Å². The highest BCUT2D eigenvalue weighted by molar-refractivity contribution is 5.80. The summed E-state index contributed by atoms with van der Waals surface area (Å²) in [4.78, 5) is 4.58. The first kappa shape index (κ1) is 12.5. The van der Waals surface area contributed by atoms with E-state index in [-0.39, 0.29) is 6.17 Å². The van der Waals surface area contributed by atoms with E-state index in [0.717, 1.165) is 11.3 Å². The fraction of sp³-hybridized carbons (Fsp3) is 0.250. The Morgan fingerprint density at radius 3 is 2.33 bits per heavy atom. The Kier molecular flexibility index (Phi) is 3.28. The van der Waals surface area contributed by atoms with E-state index in [1.165, 1.54) is 11.4 Å². The predicted octanol–water partition coefficient (Wildman–Crippen LogP) is 3.93. The van der Waals surface area contributed by atoms with Gasteiger partial charge in [0, 0.05) is 12.7 Å². The number of hydrogen-bond donors (Lipinski definition) is 0. The molecule has 2 rings (SSSR count). The number of allylic oxidation sites excluding steroid dienone is 3. The highest BCUT2D eigenvalue weighted by Gasteiger charge is 2.31. The normalized spacial score (nSPS) is 19.4. The summed E-state index contributed by atoms with van der Waals surface area (Å²) in [5, 5.41) is 0. The molecular formula is C16H20N2. The van der Waals surface area contributed by atoms with Crippen molar-refractivity contribution < 1.29 is 0 Å². The maximum atomic E-state index is 3.94. The Morgan fingerprint density at radius 1 is 1.17 bits per heavy atom. The van der Waals surface area contributed by atoms with Gasteiger partial charge in [0.15, 0.2) is 0 Å². The number of nitrogens with zero attached hydrogens (tertiary/aromatic N) is 2. The Balaban J connectivity index is 2.59. The molecule has 1 aromatic rings. The van der Waals surface area contributed by atoms with Crippen molar-refractivity contribution in [2.24, 2.45) is 0 Å². The Hall–Kier alpha value is -1.96. The average Bonchev–Trinajstić information content (AvgIpc) is 2.65. The third kappa shape index (κ3) is 1.74. The Bertz CT molecular complexity index is 514. The lowest BCUT2D eigenvalue weighted by molar-refractivity contribution is 0.715. The molecule has 18 heavy (non-hydrogen) atoms. The van der Waals surface area contributed by atoms with E-state index in [1.54, 1.807) is 0 Å². The van der Waals surface area contributed by atoms with Crippen molar-refractivity contribution in [3.8, 4) is 0 Å². The van der Waals surface area contributed by atoms with Gasteiger partial charge in [-0.1, -0.05) is 31.4 Å². The highest BCUT2D eigenvalue weighted by atomic mass is 15.4. The van der Waals surface area contributed by atoms with Crippen molar-refractivity contribution >= 4 is 11.4 Å². The lowest BCUT2D eigenvalue weighted by Gasteiger charge is -2.29. The van der Waals surface area contributed by atoms with Crippen LogP contribution in [0, 0.1) is 0 Å². The molecule has 1 atom stereocenters. The molecule has 2 nitrogen and oxygen atoms in total. The van der Waals surface area contributed by atoms with Crippen LogP contribution in [-0.2, 0) is 0 Å². The SMILES string of the molecule is C=C/C(C)=C(\C=C)N1c2ccccc2N(C)[C@@H]1C. The van der Waals surface area contributed by atoms with Crippen LogP contribution in [0.25, 0.3) is 0 Å². The molecule has 1 aliphatic heterocycles. The van der Waals surface area contributed by atoms with Gasteiger partial charge < -0.3 is 9.80 Å². The van der Waals surface area contributed by atoms with Crippen molar-refractivity contribution in [3.63, 3.8) is 0 Å². The van der Waals surface area contributed by atoms with Gasteiger partial charge in [-0.3, -0.25) is 0 Å².